The molecule has 0 saturated carbocycles. The lowest BCUT2D eigenvalue weighted by atomic mass is 9.99. The van der Waals surface area contributed by atoms with E-state index >= 15 is 0 Å². The molecule has 2 aromatic carbocycles. The number of carboxylic acid groups (broad SMARTS) is 1. The lowest BCUT2D eigenvalue weighted by molar-refractivity contribution is -0.128. The van der Waals surface area contributed by atoms with Crippen molar-refractivity contribution in [2.24, 2.45) is 0 Å². The van der Waals surface area contributed by atoms with Gasteiger partial charge in [-0.1, -0.05) is 41.9 Å². The number of halogens is 1. The van der Waals surface area contributed by atoms with E-state index in [1.165, 1.54) is 6.07 Å². The number of H-pyrrole nitrogens is 1. The largest absolute Gasteiger partial charge is 0.477 e. The number of piperidine rings is 1. The maximum Gasteiger partial charge on any atom is 0.341 e. The number of aromatic nitrogens is 1. The highest BCUT2D eigenvalue weighted by molar-refractivity contribution is 6.31. The van der Waals surface area contributed by atoms with Crippen LogP contribution in [-0.2, 0) is 16.1 Å². The molecule has 1 saturated heterocycles. The fourth-order valence-corrected chi connectivity index (χ4v) is 4.71. The van der Waals surface area contributed by atoms with Crippen LogP contribution in [-0.4, -0.2) is 53.2 Å². The van der Waals surface area contributed by atoms with E-state index in [2.05, 4.69) is 15.2 Å². The zero-order valence-electron chi connectivity index (χ0n) is 18.7. The molecule has 1 atom stereocenters. The van der Waals surface area contributed by atoms with E-state index in [1.54, 1.807) is 19.2 Å². The van der Waals surface area contributed by atoms with Crippen LogP contribution < -0.4 is 10.9 Å². The first-order chi connectivity index (χ1) is 16.4. The molecule has 1 amide bonds. The molecule has 1 fully saturated rings. The molecule has 1 aliphatic rings. The van der Waals surface area contributed by atoms with Crippen LogP contribution in [0.2, 0.25) is 5.02 Å². The van der Waals surface area contributed by atoms with E-state index in [0.717, 1.165) is 31.5 Å². The van der Waals surface area contributed by atoms with Gasteiger partial charge in [0.25, 0.3) is 5.56 Å². The van der Waals surface area contributed by atoms with E-state index in [1.807, 2.05) is 30.3 Å². The first-order valence-electron chi connectivity index (χ1n) is 11.1. The van der Waals surface area contributed by atoms with Gasteiger partial charge in [0.15, 0.2) is 0 Å². The summed E-state index contributed by atoms with van der Waals surface area (Å²) < 4.78 is 5.47. The Morgan fingerprint density at radius 2 is 1.91 bits per heavy atom. The van der Waals surface area contributed by atoms with Crippen LogP contribution in [0, 0.1) is 0 Å². The van der Waals surface area contributed by atoms with Crippen LogP contribution in [0.3, 0.4) is 0 Å². The number of pyridine rings is 1. The zero-order valence-corrected chi connectivity index (χ0v) is 19.5. The van der Waals surface area contributed by atoms with E-state index in [0.29, 0.717) is 21.5 Å². The van der Waals surface area contributed by atoms with Gasteiger partial charge in [-0.25, -0.2) is 4.79 Å². The predicted molar refractivity (Wildman–Crippen MR) is 129 cm³/mol. The number of methoxy groups -OCH3 is 1. The molecule has 4 rings (SSSR count). The van der Waals surface area contributed by atoms with Crippen LogP contribution in [0.5, 0.6) is 0 Å². The van der Waals surface area contributed by atoms with Crippen molar-refractivity contribution < 1.29 is 19.4 Å². The first-order valence-corrected chi connectivity index (χ1v) is 11.4. The topological polar surface area (TPSA) is 112 Å². The van der Waals surface area contributed by atoms with Gasteiger partial charge in [-0.05, 0) is 42.2 Å². The van der Waals surface area contributed by atoms with Gasteiger partial charge >= 0.3 is 5.97 Å². The molecule has 0 bridgehead atoms. The standard InChI is InChI=1S/C25H26ClN3O5/c1-34-19-7-9-29(10-8-19)22(15-5-3-2-4-6-15)24(31)27-14-17-12-18(26)11-16-13-20(25(32)33)23(30)28-21(16)17/h2-6,11-13,19,22H,7-10,14H2,1H3,(H,27,31)(H,28,30)(H,32,33). The molecule has 9 heteroatoms. The molecule has 3 N–H and O–H groups in total. The number of nitrogens with one attached hydrogen (secondary N) is 2. The number of carboxylic acids is 1. The van der Waals surface area contributed by atoms with Crippen LogP contribution in [0.4, 0.5) is 0 Å². The van der Waals surface area contributed by atoms with Gasteiger partial charge in [0, 0.05) is 37.2 Å². The van der Waals surface area contributed by atoms with Crippen molar-refractivity contribution in [1.82, 2.24) is 15.2 Å². The number of likely N-dealkylation sites (tertiary alicyclic amines) is 1. The second kappa shape index (κ2) is 10.4. The van der Waals surface area contributed by atoms with Crippen molar-refractivity contribution >= 4 is 34.4 Å². The van der Waals surface area contributed by atoms with Crippen molar-refractivity contribution in [3.05, 3.63) is 80.6 Å². The molecule has 1 unspecified atom stereocenters. The number of aromatic amines is 1. The van der Waals surface area contributed by atoms with Gasteiger partial charge in [0.05, 0.1) is 11.6 Å². The highest BCUT2D eigenvalue weighted by atomic mass is 35.5. The average molecular weight is 484 g/mol. The summed E-state index contributed by atoms with van der Waals surface area (Å²) in [4.78, 5) is 41.8. The number of benzene rings is 2. The Bertz CT molecular complexity index is 1250. The Morgan fingerprint density at radius 3 is 2.56 bits per heavy atom. The molecule has 34 heavy (non-hydrogen) atoms. The van der Waals surface area contributed by atoms with Crippen LogP contribution in [0.25, 0.3) is 10.9 Å². The minimum Gasteiger partial charge on any atom is -0.477 e. The molecule has 0 radical (unpaired) electrons. The third-order valence-electron chi connectivity index (χ3n) is 6.22. The quantitative estimate of drug-likeness (QED) is 0.475. The molecule has 1 aromatic heterocycles. The van der Waals surface area contributed by atoms with Gasteiger partial charge in [-0.2, -0.15) is 0 Å². The van der Waals surface area contributed by atoms with E-state index in [4.69, 9.17) is 16.3 Å². The molecular formula is C25H26ClN3O5. The second-order valence-corrected chi connectivity index (χ2v) is 8.78. The summed E-state index contributed by atoms with van der Waals surface area (Å²) in [5.41, 5.74) is 0.851. The third-order valence-corrected chi connectivity index (χ3v) is 6.44. The number of hydrogen-bond acceptors (Lipinski definition) is 5. The van der Waals surface area contributed by atoms with Gasteiger partial charge in [0.1, 0.15) is 11.6 Å². The molecule has 1 aliphatic heterocycles. The summed E-state index contributed by atoms with van der Waals surface area (Å²) in [7, 11) is 1.71. The van der Waals surface area contributed by atoms with Gasteiger partial charge < -0.3 is 20.1 Å². The summed E-state index contributed by atoms with van der Waals surface area (Å²) in [5, 5.41) is 13.1. The van der Waals surface area contributed by atoms with Crippen LogP contribution in [0.15, 0.2) is 53.3 Å². The molecular weight excluding hydrogens is 458 g/mol. The first kappa shape index (κ1) is 23.9. The van der Waals surface area contributed by atoms with Crippen molar-refractivity contribution in [1.29, 1.82) is 0 Å². The maximum absolute atomic E-state index is 13.4. The summed E-state index contributed by atoms with van der Waals surface area (Å²) in [5.74, 6) is -1.49. The van der Waals surface area contributed by atoms with Crippen molar-refractivity contribution in [3.63, 3.8) is 0 Å². The summed E-state index contributed by atoms with van der Waals surface area (Å²) in [6, 6.07) is 13.7. The summed E-state index contributed by atoms with van der Waals surface area (Å²) in [6.45, 7) is 1.59. The van der Waals surface area contributed by atoms with Crippen LogP contribution in [0.1, 0.15) is 40.4 Å². The Balaban J connectivity index is 1.60. The number of carbonyl (C=O) groups excluding carboxylic acids is 1. The van der Waals surface area contributed by atoms with Crippen LogP contribution >= 0.6 is 11.6 Å². The summed E-state index contributed by atoms with van der Waals surface area (Å²) in [6.07, 6.45) is 1.89. The van der Waals surface area contributed by atoms with E-state index < -0.39 is 17.6 Å². The fraction of sp³-hybridized carbons (Fsp3) is 0.320. The molecule has 2 heterocycles. The minimum absolute atomic E-state index is 0.121. The Hall–Kier alpha value is -3.20. The molecule has 0 aliphatic carbocycles. The number of ether oxygens (including phenoxy) is 1. The number of amides is 1. The van der Waals surface area contributed by atoms with Crippen molar-refractivity contribution in [3.8, 4) is 0 Å². The lowest BCUT2D eigenvalue weighted by Gasteiger charge is -2.36. The summed E-state index contributed by atoms with van der Waals surface area (Å²) >= 11 is 6.25. The molecule has 0 spiro atoms. The number of carbonyl (C=O) groups is 2. The average Bonchev–Trinajstić information content (AvgIpc) is 2.83. The Kier molecular flexibility index (Phi) is 7.31. The van der Waals surface area contributed by atoms with Gasteiger partial charge in [-0.15, -0.1) is 0 Å². The zero-order chi connectivity index (χ0) is 24.2. The van der Waals surface area contributed by atoms with E-state index in [-0.39, 0.29) is 24.1 Å². The molecule has 178 valence electrons. The second-order valence-electron chi connectivity index (χ2n) is 8.35. The smallest absolute Gasteiger partial charge is 0.341 e. The third kappa shape index (κ3) is 5.14. The number of nitrogens with zero attached hydrogens (tertiary/aromatic N) is 1. The normalized spacial score (nSPS) is 15.8. The highest BCUT2D eigenvalue weighted by Crippen LogP contribution is 2.27. The van der Waals surface area contributed by atoms with Gasteiger partial charge in [0.2, 0.25) is 5.91 Å². The van der Waals surface area contributed by atoms with E-state index in [9.17, 15) is 19.5 Å². The van der Waals surface area contributed by atoms with Gasteiger partial charge in [-0.3, -0.25) is 14.5 Å². The number of aromatic carboxylic acids is 1. The SMILES string of the molecule is COC1CCN(C(C(=O)NCc2cc(Cl)cc3cc(C(=O)O)c(=O)[nH]c23)c2ccccc2)CC1. The lowest BCUT2D eigenvalue weighted by Crippen LogP contribution is -2.45. The fourth-order valence-electron chi connectivity index (χ4n) is 4.46. The number of fused-ring (bicyclic) bond motifs is 1. The monoisotopic (exact) mass is 483 g/mol. The highest BCUT2D eigenvalue weighted by Gasteiger charge is 2.31. The Labute approximate surface area is 201 Å². The minimum atomic E-state index is -1.32. The predicted octanol–water partition coefficient (Wildman–Crippen LogP) is 3.35. The maximum atomic E-state index is 13.4. The van der Waals surface area contributed by atoms with Crippen molar-refractivity contribution in [2.75, 3.05) is 20.2 Å². The Morgan fingerprint density at radius 1 is 1.21 bits per heavy atom. The van der Waals surface area contributed by atoms with Crippen molar-refractivity contribution in [2.45, 2.75) is 31.5 Å². The number of hydrogen-bond donors (Lipinski definition) is 3. The molecule has 3 aromatic rings. The molecule has 8 nitrogen and oxygen atoms in total. The number of rotatable bonds is 7.